The van der Waals surface area contributed by atoms with E-state index in [-0.39, 0.29) is 23.3 Å². The van der Waals surface area contributed by atoms with Gasteiger partial charge in [-0.15, -0.1) is 0 Å². The number of nitrogens with zero attached hydrogens (tertiary/aromatic N) is 2. The van der Waals surface area contributed by atoms with Crippen LogP contribution in [-0.2, 0) is 4.74 Å². The van der Waals surface area contributed by atoms with Crippen molar-refractivity contribution < 1.29 is 14.6 Å². The van der Waals surface area contributed by atoms with Crippen LogP contribution in [0.25, 0.3) is 11.3 Å². The topological polar surface area (TPSA) is 78.5 Å². The number of H-pyrrole nitrogens is 1. The Morgan fingerprint density at radius 3 is 2.76 bits per heavy atom. The molecule has 1 aliphatic rings. The molecule has 0 aliphatic carbocycles. The minimum Gasteiger partial charge on any atom is -0.508 e. The first-order valence-electron chi connectivity index (χ1n) is 8.69. The molecule has 134 valence electrons. The van der Waals surface area contributed by atoms with Gasteiger partial charge in [0.05, 0.1) is 11.3 Å². The number of aromatic nitrogens is 2. The first-order valence-corrected chi connectivity index (χ1v) is 8.69. The van der Waals surface area contributed by atoms with E-state index >= 15 is 0 Å². The Morgan fingerprint density at radius 1 is 1.40 bits per heavy atom. The number of rotatable bonds is 4. The summed E-state index contributed by atoms with van der Waals surface area (Å²) in [7, 11) is 0. The SMILES string of the molecule is CCN(C(=O)c1cc(-c2ccc(O)cc2)n[nH]1)[C@H]1CCOC(C)(C)C1. The molecule has 0 radical (unpaired) electrons. The maximum Gasteiger partial charge on any atom is 0.272 e. The van der Waals surface area contributed by atoms with Gasteiger partial charge in [-0.05, 0) is 63.9 Å². The molecule has 2 heterocycles. The fraction of sp³-hybridized carbons (Fsp3) is 0.474. The maximum atomic E-state index is 13.0. The number of benzene rings is 1. The highest BCUT2D eigenvalue weighted by atomic mass is 16.5. The Hall–Kier alpha value is -2.34. The molecule has 1 aromatic heterocycles. The lowest BCUT2D eigenvalue weighted by Crippen LogP contribution is -2.48. The van der Waals surface area contributed by atoms with Crippen LogP contribution in [0, 0.1) is 0 Å². The standard InChI is InChI=1S/C19H25N3O3/c1-4-22(14-9-10-25-19(2,3)12-14)18(24)17-11-16(20-21-17)13-5-7-15(23)8-6-13/h5-8,11,14,23H,4,9-10,12H2,1-3H3,(H,20,21)/t14-/m0/s1. The smallest absolute Gasteiger partial charge is 0.272 e. The van der Waals surface area contributed by atoms with Gasteiger partial charge in [-0.25, -0.2) is 0 Å². The van der Waals surface area contributed by atoms with Crippen molar-refractivity contribution >= 4 is 5.91 Å². The molecule has 1 aliphatic heterocycles. The Bertz CT molecular complexity index is 737. The monoisotopic (exact) mass is 343 g/mol. The van der Waals surface area contributed by atoms with Gasteiger partial charge in [0, 0.05) is 24.8 Å². The summed E-state index contributed by atoms with van der Waals surface area (Å²) in [5, 5.41) is 16.5. The van der Waals surface area contributed by atoms with E-state index in [1.807, 2.05) is 11.8 Å². The third kappa shape index (κ3) is 3.85. The molecule has 3 rings (SSSR count). The fourth-order valence-electron chi connectivity index (χ4n) is 3.40. The molecule has 1 aromatic carbocycles. The summed E-state index contributed by atoms with van der Waals surface area (Å²) in [4.78, 5) is 14.9. The molecular weight excluding hydrogens is 318 g/mol. The summed E-state index contributed by atoms with van der Waals surface area (Å²) >= 11 is 0. The number of ether oxygens (including phenoxy) is 1. The molecule has 0 bridgehead atoms. The second kappa shape index (κ2) is 6.88. The van der Waals surface area contributed by atoms with Crippen molar-refractivity contribution in [2.75, 3.05) is 13.2 Å². The largest absolute Gasteiger partial charge is 0.508 e. The third-order valence-corrected chi connectivity index (χ3v) is 4.68. The quantitative estimate of drug-likeness (QED) is 0.893. The van der Waals surface area contributed by atoms with Crippen molar-refractivity contribution in [1.82, 2.24) is 15.1 Å². The minimum absolute atomic E-state index is 0.0391. The lowest BCUT2D eigenvalue weighted by atomic mass is 9.92. The highest BCUT2D eigenvalue weighted by Crippen LogP contribution is 2.28. The lowest BCUT2D eigenvalue weighted by Gasteiger charge is -2.40. The van der Waals surface area contributed by atoms with Crippen LogP contribution in [0.2, 0.25) is 0 Å². The first-order chi connectivity index (χ1) is 11.9. The van der Waals surface area contributed by atoms with Gasteiger partial charge in [-0.3, -0.25) is 9.89 Å². The summed E-state index contributed by atoms with van der Waals surface area (Å²) in [5.41, 5.74) is 1.81. The van der Waals surface area contributed by atoms with Crippen LogP contribution >= 0.6 is 0 Å². The molecule has 25 heavy (non-hydrogen) atoms. The number of phenolic OH excluding ortho intramolecular Hbond substituents is 1. The number of carbonyl (C=O) groups excluding carboxylic acids is 1. The van der Waals surface area contributed by atoms with Crippen molar-refractivity contribution in [3.63, 3.8) is 0 Å². The van der Waals surface area contributed by atoms with E-state index in [9.17, 15) is 9.90 Å². The molecular formula is C19H25N3O3. The van der Waals surface area contributed by atoms with Gasteiger partial charge in [-0.2, -0.15) is 5.10 Å². The van der Waals surface area contributed by atoms with Crippen molar-refractivity contribution in [2.45, 2.75) is 45.3 Å². The number of carbonyl (C=O) groups is 1. The molecule has 0 spiro atoms. The molecule has 6 heteroatoms. The molecule has 6 nitrogen and oxygen atoms in total. The number of hydrogen-bond acceptors (Lipinski definition) is 4. The van der Waals surface area contributed by atoms with Crippen LogP contribution in [0.15, 0.2) is 30.3 Å². The third-order valence-electron chi connectivity index (χ3n) is 4.68. The molecule has 1 saturated heterocycles. The second-order valence-electron chi connectivity index (χ2n) is 7.06. The molecule has 0 unspecified atom stereocenters. The van der Waals surface area contributed by atoms with Crippen molar-refractivity contribution in [3.8, 4) is 17.0 Å². The molecule has 2 aromatic rings. The minimum atomic E-state index is -0.207. The second-order valence-corrected chi connectivity index (χ2v) is 7.06. The highest BCUT2D eigenvalue weighted by Gasteiger charge is 2.34. The van der Waals surface area contributed by atoms with Crippen molar-refractivity contribution in [1.29, 1.82) is 0 Å². The summed E-state index contributed by atoms with van der Waals surface area (Å²) in [6.07, 6.45) is 1.67. The van der Waals surface area contributed by atoms with E-state index in [2.05, 4.69) is 24.0 Å². The van der Waals surface area contributed by atoms with Crippen LogP contribution in [0.1, 0.15) is 44.1 Å². The molecule has 1 amide bonds. The predicted octanol–water partition coefficient (Wildman–Crippen LogP) is 3.20. The first kappa shape index (κ1) is 17.5. The predicted molar refractivity (Wildman–Crippen MR) is 95.5 cm³/mol. The van der Waals surface area contributed by atoms with Crippen molar-refractivity contribution in [2.24, 2.45) is 0 Å². The summed E-state index contributed by atoms with van der Waals surface area (Å²) in [6.45, 7) is 7.45. The number of phenols is 1. The van der Waals surface area contributed by atoms with Gasteiger partial charge >= 0.3 is 0 Å². The Kier molecular flexibility index (Phi) is 4.81. The van der Waals surface area contributed by atoms with E-state index in [4.69, 9.17) is 4.74 Å². The van der Waals surface area contributed by atoms with Crippen LogP contribution in [0.3, 0.4) is 0 Å². The zero-order chi connectivity index (χ0) is 18.0. The molecule has 1 atom stereocenters. The van der Waals surface area contributed by atoms with Gasteiger partial charge in [0.1, 0.15) is 11.4 Å². The van der Waals surface area contributed by atoms with E-state index in [0.29, 0.717) is 24.5 Å². The number of aromatic amines is 1. The number of hydrogen-bond donors (Lipinski definition) is 2. The zero-order valence-corrected chi connectivity index (χ0v) is 15.0. The average molecular weight is 343 g/mol. The van der Waals surface area contributed by atoms with E-state index < -0.39 is 0 Å². The Labute approximate surface area is 147 Å². The van der Waals surface area contributed by atoms with E-state index in [0.717, 1.165) is 18.4 Å². The molecule has 2 N–H and O–H groups in total. The normalized spacial score (nSPS) is 19.6. The summed E-state index contributed by atoms with van der Waals surface area (Å²) < 4.78 is 5.77. The molecule has 0 saturated carbocycles. The van der Waals surface area contributed by atoms with E-state index in [1.165, 1.54) is 0 Å². The van der Waals surface area contributed by atoms with Gasteiger partial charge in [0.2, 0.25) is 0 Å². The lowest BCUT2D eigenvalue weighted by molar-refractivity contribution is -0.0777. The van der Waals surface area contributed by atoms with Crippen LogP contribution < -0.4 is 0 Å². The van der Waals surface area contributed by atoms with Gasteiger partial charge < -0.3 is 14.7 Å². The van der Waals surface area contributed by atoms with E-state index in [1.54, 1.807) is 30.3 Å². The molecule has 1 fully saturated rings. The average Bonchev–Trinajstić information content (AvgIpc) is 3.05. The highest BCUT2D eigenvalue weighted by molar-refractivity contribution is 5.93. The summed E-state index contributed by atoms with van der Waals surface area (Å²) in [5.74, 6) is 0.164. The van der Waals surface area contributed by atoms with Crippen LogP contribution in [0.5, 0.6) is 5.75 Å². The Morgan fingerprint density at radius 2 is 2.12 bits per heavy atom. The number of nitrogens with one attached hydrogen (secondary N) is 1. The zero-order valence-electron chi connectivity index (χ0n) is 15.0. The Balaban J connectivity index is 1.78. The van der Waals surface area contributed by atoms with Crippen LogP contribution in [-0.4, -0.2) is 50.9 Å². The fourth-order valence-corrected chi connectivity index (χ4v) is 3.40. The van der Waals surface area contributed by atoms with Gasteiger partial charge in [0.25, 0.3) is 5.91 Å². The van der Waals surface area contributed by atoms with Crippen LogP contribution in [0.4, 0.5) is 0 Å². The number of amides is 1. The number of aromatic hydroxyl groups is 1. The maximum absolute atomic E-state index is 13.0. The van der Waals surface area contributed by atoms with Gasteiger partial charge in [0.15, 0.2) is 0 Å². The summed E-state index contributed by atoms with van der Waals surface area (Å²) in [6, 6.07) is 8.70. The van der Waals surface area contributed by atoms with Crippen molar-refractivity contribution in [3.05, 3.63) is 36.0 Å². The van der Waals surface area contributed by atoms with Gasteiger partial charge in [-0.1, -0.05) is 0 Å².